The minimum atomic E-state index is -4.27. The zero-order valence-electron chi connectivity index (χ0n) is 10.3. The molecule has 20 heavy (non-hydrogen) atoms. The Morgan fingerprint density at radius 2 is 2.15 bits per heavy atom. The van der Waals surface area contributed by atoms with Crippen LogP contribution >= 0.6 is 11.3 Å². The lowest BCUT2D eigenvalue weighted by Gasteiger charge is -2.25. The van der Waals surface area contributed by atoms with Crippen molar-refractivity contribution >= 4 is 33.3 Å². The molecule has 9 heteroatoms. The maximum Gasteiger partial charge on any atom is 0.405 e. The molecule has 0 saturated heterocycles. The van der Waals surface area contributed by atoms with E-state index in [2.05, 4.69) is 15.4 Å². The average molecular weight is 303 g/mol. The number of hydrogen-bond acceptors (Lipinski definition) is 6. The van der Waals surface area contributed by atoms with Gasteiger partial charge in [0, 0.05) is 6.04 Å². The molecule has 2 aromatic heterocycles. The summed E-state index contributed by atoms with van der Waals surface area (Å²) in [6, 6.07) is 1.63. The van der Waals surface area contributed by atoms with Crippen molar-refractivity contribution in [3.05, 3.63) is 11.4 Å². The molecule has 5 nitrogen and oxygen atoms in total. The quantitative estimate of drug-likeness (QED) is 0.671. The summed E-state index contributed by atoms with van der Waals surface area (Å²) >= 11 is 1.34. The Bertz CT molecular complexity index is 622. The number of fused-ring (bicyclic) bond motifs is 1. The number of nitrogen functional groups attached to an aromatic ring is 1. The second-order valence-corrected chi connectivity index (χ2v) is 5.52. The summed E-state index contributed by atoms with van der Waals surface area (Å²) in [5.74, 6) is 5.71. The Kier molecular flexibility index (Phi) is 3.17. The van der Waals surface area contributed by atoms with Gasteiger partial charge in [0.2, 0.25) is 5.95 Å². The SMILES string of the molecule is NNc1nc(N(CC(F)(F)F)C2CC2)c2ccsc2n1. The molecule has 2 aromatic rings. The molecule has 0 amide bonds. The zero-order valence-corrected chi connectivity index (χ0v) is 11.1. The molecule has 0 aromatic carbocycles. The Labute approximate surface area is 116 Å². The molecule has 1 fully saturated rings. The van der Waals surface area contributed by atoms with Crippen LogP contribution < -0.4 is 16.2 Å². The fraction of sp³-hybridized carbons (Fsp3) is 0.455. The number of hydrogen-bond donors (Lipinski definition) is 2. The lowest BCUT2D eigenvalue weighted by Crippen LogP contribution is -2.36. The molecule has 0 radical (unpaired) electrons. The fourth-order valence-electron chi connectivity index (χ4n) is 2.08. The molecule has 108 valence electrons. The molecular formula is C11H12F3N5S. The van der Waals surface area contributed by atoms with Gasteiger partial charge in [-0.05, 0) is 24.3 Å². The fourth-order valence-corrected chi connectivity index (χ4v) is 2.84. The van der Waals surface area contributed by atoms with E-state index >= 15 is 0 Å². The smallest absolute Gasteiger partial charge is 0.344 e. The van der Waals surface area contributed by atoms with Gasteiger partial charge in [-0.15, -0.1) is 11.3 Å². The third-order valence-corrected chi connectivity index (χ3v) is 3.85. The molecule has 0 aliphatic heterocycles. The highest BCUT2D eigenvalue weighted by Gasteiger charge is 2.39. The number of alkyl halides is 3. The van der Waals surface area contributed by atoms with E-state index in [4.69, 9.17) is 5.84 Å². The van der Waals surface area contributed by atoms with Crippen LogP contribution in [0.3, 0.4) is 0 Å². The standard InChI is InChI=1S/C11H12F3N5S/c12-11(13,14)5-19(6-1-2-6)8-7-3-4-20-9(7)17-10(16-8)18-15/h3-4,6H,1-2,5,15H2,(H,16,17,18). The van der Waals surface area contributed by atoms with E-state index in [0.29, 0.717) is 16.0 Å². The van der Waals surface area contributed by atoms with Crippen LogP contribution in [0.15, 0.2) is 11.4 Å². The van der Waals surface area contributed by atoms with Crippen molar-refractivity contribution in [2.24, 2.45) is 5.84 Å². The van der Waals surface area contributed by atoms with Gasteiger partial charge in [-0.2, -0.15) is 18.2 Å². The molecule has 0 spiro atoms. The number of hydrazine groups is 1. The molecule has 0 atom stereocenters. The Hall–Kier alpha value is -1.61. The summed E-state index contributed by atoms with van der Waals surface area (Å²) in [5.41, 5.74) is 2.30. The van der Waals surface area contributed by atoms with E-state index in [1.807, 2.05) is 0 Å². The van der Waals surface area contributed by atoms with Crippen molar-refractivity contribution in [3.8, 4) is 0 Å². The molecule has 1 aliphatic carbocycles. The van der Waals surface area contributed by atoms with Crippen LogP contribution in [-0.4, -0.2) is 28.7 Å². The van der Waals surface area contributed by atoms with Gasteiger partial charge < -0.3 is 4.90 Å². The number of anilines is 2. The van der Waals surface area contributed by atoms with Crippen molar-refractivity contribution in [1.29, 1.82) is 0 Å². The third kappa shape index (κ3) is 2.63. The van der Waals surface area contributed by atoms with E-state index in [-0.39, 0.29) is 12.0 Å². The third-order valence-electron chi connectivity index (χ3n) is 3.04. The van der Waals surface area contributed by atoms with Crippen LogP contribution in [0.25, 0.3) is 10.2 Å². The number of rotatable bonds is 4. The first-order valence-corrected chi connectivity index (χ1v) is 6.91. The minimum absolute atomic E-state index is 0.111. The molecule has 2 heterocycles. The predicted octanol–water partition coefficient (Wildman–Crippen LogP) is 2.51. The van der Waals surface area contributed by atoms with Gasteiger partial charge in [0.15, 0.2) is 0 Å². The molecule has 1 aliphatic rings. The van der Waals surface area contributed by atoms with Crippen molar-refractivity contribution in [2.45, 2.75) is 25.1 Å². The monoisotopic (exact) mass is 303 g/mol. The lowest BCUT2D eigenvalue weighted by atomic mass is 10.3. The number of aromatic nitrogens is 2. The lowest BCUT2D eigenvalue weighted by molar-refractivity contribution is -0.120. The van der Waals surface area contributed by atoms with E-state index < -0.39 is 12.7 Å². The first-order valence-electron chi connectivity index (χ1n) is 6.03. The van der Waals surface area contributed by atoms with Crippen LogP contribution in [0.1, 0.15) is 12.8 Å². The zero-order chi connectivity index (χ0) is 14.3. The van der Waals surface area contributed by atoms with Gasteiger partial charge in [0.05, 0.1) is 5.39 Å². The second-order valence-electron chi connectivity index (χ2n) is 4.63. The average Bonchev–Trinajstić information content (AvgIpc) is 3.11. The molecule has 3 rings (SSSR count). The first-order chi connectivity index (χ1) is 9.48. The Balaban J connectivity index is 2.07. The molecular weight excluding hydrogens is 291 g/mol. The van der Waals surface area contributed by atoms with E-state index in [1.54, 1.807) is 11.4 Å². The summed E-state index contributed by atoms with van der Waals surface area (Å²) in [4.78, 5) is 10.2. The number of nitrogens with two attached hydrogens (primary N) is 1. The van der Waals surface area contributed by atoms with Crippen LogP contribution in [0.2, 0.25) is 0 Å². The highest BCUT2D eigenvalue weighted by atomic mass is 32.1. The molecule has 0 unspecified atom stereocenters. The van der Waals surface area contributed by atoms with E-state index in [0.717, 1.165) is 12.8 Å². The second kappa shape index (κ2) is 4.74. The highest BCUT2D eigenvalue weighted by Crippen LogP contribution is 2.38. The van der Waals surface area contributed by atoms with Gasteiger partial charge in [-0.1, -0.05) is 0 Å². The maximum atomic E-state index is 12.8. The minimum Gasteiger partial charge on any atom is -0.344 e. The first kappa shape index (κ1) is 13.4. The van der Waals surface area contributed by atoms with Crippen molar-refractivity contribution < 1.29 is 13.2 Å². The van der Waals surface area contributed by atoms with Crippen LogP contribution in [-0.2, 0) is 0 Å². The van der Waals surface area contributed by atoms with Crippen LogP contribution in [0.4, 0.5) is 24.9 Å². The molecule has 0 bridgehead atoms. The van der Waals surface area contributed by atoms with Crippen molar-refractivity contribution in [2.75, 3.05) is 16.9 Å². The summed E-state index contributed by atoms with van der Waals surface area (Å²) in [6.07, 6.45) is -2.78. The van der Waals surface area contributed by atoms with Crippen molar-refractivity contribution in [1.82, 2.24) is 9.97 Å². The molecule has 1 saturated carbocycles. The van der Waals surface area contributed by atoms with Gasteiger partial charge in [0.25, 0.3) is 0 Å². The van der Waals surface area contributed by atoms with Gasteiger partial charge >= 0.3 is 6.18 Å². The maximum absolute atomic E-state index is 12.8. The number of nitrogens with one attached hydrogen (secondary N) is 1. The Morgan fingerprint density at radius 3 is 2.75 bits per heavy atom. The van der Waals surface area contributed by atoms with E-state index in [9.17, 15) is 13.2 Å². The van der Waals surface area contributed by atoms with Crippen molar-refractivity contribution in [3.63, 3.8) is 0 Å². The Morgan fingerprint density at radius 1 is 1.40 bits per heavy atom. The van der Waals surface area contributed by atoms with Gasteiger partial charge in [-0.3, -0.25) is 5.43 Å². The summed E-state index contributed by atoms with van der Waals surface area (Å²) in [7, 11) is 0. The number of nitrogens with zero attached hydrogens (tertiary/aromatic N) is 3. The number of halogens is 3. The highest BCUT2D eigenvalue weighted by molar-refractivity contribution is 7.16. The van der Waals surface area contributed by atoms with Gasteiger partial charge in [0.1, 0.15) is 17.2 Å². The number of thiophene rings is 1. The van der Waals surface area contributed by atoms with E-state index in [1.165, 1.54) is 16.2 Å². The normalized spacial score (nSPS) is 15.6. The van der Waals surface area contributed by atoms with Crippen LogP contribution in [0, 0.1) is 0 Å². The topological polar surface area (TPSA) is 67.1 Å². The summed E-state index contributed by atoms with van der Waals surface area (Å²) in [6.45, 7) is -1.01. The molecule has 3 N–H and O–H groups in total. The van der Waals surface area contributed by atoms with Crippen LogP contribution in [0.5, 0.6) is 0 Å². The summed E-state index contributed by atoms with van der Waals surface area (Å²) < 4.78 is 38.3. The predicted molar refractivity (Wildman–Crippen MR) is 71.6 cm³/mol. The van der Waals surface area contributed by atoms with Gasteiger partial charge in [-0.25, -0.2) is 10.8 Å². The summed E-state index contributed by atoms with van der Waals surface area (Å²) in [5, 5.41) is 2.41. The largest absolute Gasteiger partial charge is 0.405 e.